The third-order valence-corrected chi connectivity index (χ3v) is 4.11. The Kier molecular flexibility index (Phi) is 5.03. The monoisotopic (exact) mass is 375 g/mol. The molecule has 21 heavy (non-hydrogen) atoms. The van der Waals surface area contributed by atoms with Gasteiger partial charge in [0, 0.05) is 10.9 Å². The van der Waals surface area contributed by atoms with Gasteiger partial charge in [-0.15, -0.1) is 0 Å². The number of fused-ring (bicyclic) bond motifs is 1. The maximum Gasteiger partial charge on any atom is 0.264 e. The Hall–Kier alpha value is -0.960. The zero-order valence-electron chi connectivity index (χ0n) is 11.9. The Morgan fingerprint density at radius 3 is 2.81 bits per heavy atom. The number of rotatable bonds is 6. The fourth-order valence-corrected chi connectivity index (χ4v) is 3.27. The zero-order valence-corrected chi connectivity index (χ0v) is 14.3. The third kappa shape index (κ3) is 4.26. The summed E-state index contributed by atoms with van der Waals surface area (Å²) in [5.41, 5.74) is 7.41. The van der Waals surface area contributed by atoms with Crippen molar-refractivity contribution in [3.63, 3.8) is 0 Å². The Labute approximate surface area is 132 Å². The van der Waals surface area contributed by atoms with Crippen LogP contribution in [-0.2, 0) is 27.3 Å². The maximum absolute atomic E-state index is 11.2. The molecular weight excluding hydrogens is 358 g/mol. The molecule has 116 valence electrons. The first-order valence-electron chi connectivity index (χ1n) is 6.53. The fraction of sp³-hybridized carbons (Fsp3) is 0.462. The van der Waals surface area contributed by atoms with Gasteiger partial charge in [-0.1, -0.05) is 15.9 Å². The molecular formula is C13H18BrN3O3S. The molecule has 0 bridgehead atoms. The molecule has 1 atom stereocenters. The first-order chi connectivity index (χ1) is 9.80. The number of benzene rings is 1. The van der Waals surface area contributed by atoms with Gasteiger partial charge in [0.05, 0.1) is 29.9 Å². The predicted octanol–water partition coefficient (Wildman–Crippen LogP) is 1.66. The van der Waals surface area contributed by atoms with Gasteiger partial charge in [-0.3, -0.25) is 4.18 Å². The lowest BCUT2D eigenvalue weighted by Gasteiger charge is -2.14. The van der Waals surface area contributed by atoms with Gasteiger partial charge in [-0.2, -0.15) is 8.42 Å². The molecule has 0 radical (unpaired) electrons. The highest BCUT2D eigenvalue weighted by Gasteiger charge is 2.16. The summed E-state index contributed by atoms with van der Waals surface area (Å²) in [6.45, 7) is 2.60. The minimum Gasteiger partial charge on any atom is -0.330 e. The topological polar surface area (TPSA) is 87.2 Å². The minimum atomic E-state index is -3.48. The van der Waals surface area contributed by atoms with E-state index in [2.05, 4.69) is 20.9 Å². The van der Waals surface area contributed by atoms with Crippen molar-refractivity contribution in [1.82, 2.24) is 9.55 Å². The largest absolute Gasteiger partial charge is 0.330 e. The summed E-state index contributed by atoms with van der Waals surface area (Å²) < 4.78 is 30.3. The molecule has 1 unspecified atom stereocenters. The second-order valence-corrected chi connectivity index (χ2v) is 7.44. The lowest BCUT2D eigenvalue weighted by Crippen LogP contribution is -2.22. The third-order valence-electron chi connectivity index (χ3n) is 2.94. The summed E-state index contributed by atoms with van der Waals surface area (Å²) in [6.07, 6.45) is 1.20. The van der Waals surface area contributed by atoms with E-state index in [1.807, 2.05) is 22.8 Å². The number of imidazole rings is 1. The molecule has 2 rings (SSSR count). The van der Waals surface area contributed by atoms with Gasteiger partial charge in [0.25, 0.3) is 10.1 Å². The second kappa shape index (κ2) is 6.43. The van der Waals surface area contributed by atoms with Crippen LogP contribution in [0.15, 0.2) is 22.7 Å². The van der Waals surface area contributed by atoms with E-state index in [1.165, 1.54) is 0 Å². The van der Waals surface area contributed by atoms with Crippen molar-refractivity contribution in [2.45, 2.75) is 26.0 Å². The van der Waals surface area contributed by atoms with Gasteiger partial charge in [0.2, 0.25) is 0 Å². The maximum atomic E-state index is 11.2. The van der Waals surface area contributed by atoms with Gasteiger partial charge >= 0.3 is 0 Å². The SMILES string of the molecule is CC(Cn1c(CCN)nc2cc(Br)ccc21)OS(C)(=O)=O. The number of aromatic nitrogens is 2. The van der Waals surface area contributed by atoms with Crippen LogP contribution >= 0.6 is 15.9 Å². The number of halogens is 1. The molecule has 0 aliphatic carbocycles. The fourth-order valence-electron chi connectivity index (χ4n) is 2.26. The molecule has 0 aliphatic heterocycles. The van der Waals surface area contributed by atoms with Crippen LogP contribution in [0.2, 0.25) is 0 Å². The highest BCUT2D eigenvalue weighted by Crippen LogP contribution is 2.22. The van der Waals surface area contributed by atoms with Gasteiger partial charge in [0.15, 0.2) is 0 Å². The van der Waals surface area contributed by atoms with Crippen molar-refractivity contribution in [2.24, 2.45) is 5.73 Å². The average molecular weight is 376 g/mol. The molecule has 8 heteroatoms. The van der Waals surface area contributed by atoms with Crippen molar-refractivity contribution >= 4 is 37.1 Å². The van der Waals surface area contributed by atoms with E-state index in [9.17, 15) is 8.42 Å². The molecule has 0 aliphatic rings. The molecule has 2 aromatic rings. The highest BCUT2D eigenvalue weighted by molar-refractivity contribution is 9.10. The van der Waals surface area contributed by atoms with Gasteiger partial charge in [-0.25, -0.2) is 4.98 Å². The average Bonchev–Trinajstić information content (AvgIpc) is 2.64. The first-order valence-corrected chi connectivity index (χ1v) is 9.14. The van der Waals surface area contributed by atoms with E-state index in [1.54, 1.807) is 6.92 Å². The van der Waals surface area contributed by atoms with Gasteiger partial charge in [0.1, 0.15) is 5.82 Å². The van der Waals surface area contributed by atoms with Crippen molar-refractivity contribution in [1.29, 1.82) is 0 Å². The van der Waals surface area contributed by atoms with Crippen LogP contribution in [0.4, 0.5) is 0 Å². The van der Waals surface area contributed by atoms with Gasteiger partial charge < -0.3 is 10.3 Å². The summed E-state index contributed by atoms with van der Waals surface area (Å²) in [5.74, 6) is 0.828. The Balaban J connectivity index is 2.38. The molecule has 2 N–H and O–H groups in total. The molecule has 1 heterocycles. The van der Waals surface area contributed by atoms with E-state index in [4.69, 9.17) is 9.92 Å². The molecule has 0 saturated heterocycles. The Bertz CT molecular complexity index is 742. The number of hydrogen-bond donors (Lipinski definition) is 1. The zero-order chi connectivity index (χ0) is 15.6. The molecule has 0 spiro atoms. The van der Waals surface area contributed by atoms with Crippen LogP contribution in [0.5, 0.6) is 0 Å². The van der Waals surface area contributed by atoms with E-state index < -0.39 is 16.2 Å². The van der Waals surface area contributed by atoms with Crippen LogP contribution < -0.4 is 5.73 Å². The normalized spacial score (nSPS) is 13.7. The smallest absolute Gasteiger partial charge is 0.264 e. The van der Waals surface area contributed by atoms with E-state index in [-0.39, 0.29) is 0 Å². The highest BCUT2D eigenvalue weighted by atomic mass is 79.9. The molecule has 1 aromatic heterocycles. The van der Waals surface area contributed by atoms with Crippen molar-refractivity contribution in [3.05, 3.63) is 28.5 Å². The van der Waals surface area contributed by atoms with Crippen LogP contribution in [0.25, 0.3) is 11.0 Å². The molecule has 0 fully saturated rings. The van der Waals surface area contributed by atoms with E-state index in [0.29, 0.717) is 19.5 Å². The summed E-state index contributed by atoms with van der Waals surface area (Å²) >= 11 is 3.42. The van der Waals surface area contributed by atoms with E-state index >= 15 is 0 Å². The summed E-state index contributed by atoms with van der Waals surface area (Å²) in [5, 5.41) is 0. The predicted molar refractivity (Wildman–Crippen MR) is 85.6 cm³/mol. The first kappa shape index (κ1) is 16.4. The van der Waals surface area contributed by atoms with Crippen LogP contribution in [0, 0.1) is 0 Å². The lowest BCUT2D eigenvalue weighted by molar-refractivity contribution is 0.209. The van der Waals surface area contributed by atoms with Crippen molar-refractivity contribution in [2.75, 3.05) is 12.8 Å². The Morgan fingerprint density at radius 2 is 2.19 bits per heavy atom. The number of nitrogens with zero attached hydrogens (tertiary/aromatic N) is 2. The summed E-state index contributed by atoms with van der Waals surface area (Å²) in [7, 11) is -3.48. The standard InChI is InChI=1S/C13H18BrN3O3S/c1-9(20-21(2,18)19)8-17-12-4-3-10(14)7-11(12)16-13(17)5-6-15/h3-4,7,9H,5-6,8,15H2,1-2H3. The molecule has 0 saturated carbocycles. The second-order valence-electron chi connectivity index (χ2n) is 4.92. The summed E-state index contributed by atoms with van der Waals surface area (Å²) in [4.78, 5) is 4.56. The summed E-state index contributed by atoms with van der Waals surface area (Å²) in [6, 6.07) is 5.79. The van der Waals surface area contributed by atoms with Gasteiger partial charge in [-0.05, 0) is 31.7 Å². The van der Waals surface area contributed by atoms with Crippen molar-refractivity contribution < 1.29 is 12.6 Å². The molecule has 6 nitrogen and oxygen atoms in total. The number of nitrogens with two attached hydrogens (primary N) is 1. The lowest BCUT2D eigenvalue weighted by atomic mass is 10.3. The number of hydrogen-bond acceptors (Lipinski definition) is 5. The Morgan fingerprint density at radius 1 is 1.48 bits per heavy atom. The molecule has 0 amide bonds. The minimum absolute atomic E-state index is 0.403. The van der Waals surface area contributed by atoms with Crippen molar-refractivity contribution in [3.8, 4) is 0 Å². The van der Waals surface area contributed by atoms with Crippen LogP contribution in [0.1, 0.15) is 12.7 Å². The van der Waals surface area contributed by atoms with E-state index in [0.717, 1.165) is 27.6 Å². The molecule has 1 aromatic carbocycles. The quantitative estimate of drug-likeness (QED) is 0.775. The van der Waals surface area contributed by atoms with Crippen LogP contribution in [-0.4, -0.2) is 36.9 Å². The van der Waals surface area contributed by atoms with Crippen LogP contribution in [0.3, 0.4) is 0 Å².